The minimum absolute atomic E-state index is 0.00248. The molecular formula is C18H24N2O4. The normalized spacial score (nSPS) is 24.0. The number of nitrogens with zero attached hydrogens (tertiary/aromatic N) is 2. The average molecular weight is 332 g/mol. The number of β-amino-alcohol motifs (C(OH)–C–C–N with tert-alkyl or cyclic N) is 1. The number of fused-ring (bicyclic) bond motifs is 1. The molecule has 1 fully saturated rings. The van der Waals surface area contributed by atoms with Crippen LogP contribution in [0.2, 0.25) is 0 Å². The standard InChI is InChI=1S/C18H24N2O4/c21-16(5-6-17(22)23)20-10-8-18(24,13-20)12-19-9-7-14-3-1-2-4-15(14)11-19/h1-4,24H,5-13H2,(H,22,23). The Balaban J connectivity index is 1.54. The predicted molar refractivity (Wildman–Crippen MR) is 88.4 cm³/mol. The second-order valence-corrected chi connectivity index (χ2v) is 6.91. The molecule has 2 N–H and O–H groups in total. The highest BCUT2D eigenvalue weighted by atomic mass is 16.4. The lowest BCUT2D eigenvalue weighted by molar-refractivity contribution is -0.140. The van der Waals surface area contributed by atoms with E-state index in [1.807, 2.05) is 6.07 Å². The fraction of sp³-hybridized carbons (Fsp3) is 0.556. The van der Waals surface area contributed by atoms with E-state index in [2.05, 4.69) is 23.1 Å². The summed E-state index contributed by atoms with van der Waals surface area (Å²) in [4.78, 5) is 26.5. The zero-order chi connectivity index (χ0) is 17.2. The second-order valence-electron chi connectivity index (χ2n) is 6.91. The number of likely N-dealkylation sites (tertiary alicyclic amines) is 1. The average Bonchev–Trinajstić information content (AvgIpc) is 2.94. The van der Waals surface area contributed by atoms with Gasteiger partial charge in [-0.2, -0.15) is 0 Å². The van der Waals surface area contributed by atoms with Gasteiger partial charge in [-0.3, -0.25) is 14.5 Å². The van der Waals surface area contributed by atoms with Gasteiger partial charge in [-0.25, -0.2) is 0 Å². The van der Waals surface area contributed by atoms with Crippen molar-refractivity contribution < 1.29 is 19.8 Å². The molecule has 1 aromatic rings. The van der Waals surface area contributed by atoms with Crippen LogP contribution in [0.25, 0.3) is 0 Å². The lowest BCUT2D eigenvalue weighted by atomic mass is 9.97. The van der Waals surface area contributed by atoms with Crippen molar-refractivity contribution in [1.82, 2.24) is 9.80 Å². The largest absolute Gasteiger partial charge is 0.481 e. The molecule has 1 saturated heterocycles. The van der Waals surface area contributed by atoms with Crippen molar-refractivity contribution in [2.24, 2.45) is 0 Å². The maximum atomic E-state index is 12.0. The zero-order valence-electron chi connectivity index (χ0n) is 13.8. The minimum Gasteiger partial charge on any atom is -0.481 e. The molecule has 2 aliphatic heterocycles. The molecule has 0 aliphatic carbocycles. The maximum Gasteiger partial charge on any atom is 0.303 e. The van der Waals surface area contributed by atoms with Gasteiger partial charge in [0, 0.05) is 32.6 Å². The number of aliphatic carboxylic acids is 1. The van der Waals surface area contributed by atoms with Crippen molar-refractivity contribution in [3.05, 3.63) is 35.4 Å². The van der Waals surface area contributed by atoms with Gasteiger partial charge in [-0.15, -0.1) is 0 Å². The van der Waals surface area contributed by atoms with Gasteiger partial charge in [0.2, 0.25) is 5.91 Å². The van der Waals surface area contributed by atoms with E-state index in [0.29, 0.717) is 26.1 Å². The number of rotatable bonds is 5. The molecule has 1 atom stereocenters. The Morgan fingerprint density at radius 1 is 1.12 bits per heavy atom. The lowest BCUT2D eigenvalue weighted by Gasteiger charge is -2.34. The van der Waals surface area contributed by atoms with Crippen molar-refractivity contribution in [3.63, 3.8) is 0 Å². The molecule has 24 heavy (non-hydrogen) atoms. The monoisotopic (exact) mass is 332 g/mol. The highest BCUT2D eigenvalue weighted by molar-refractivity contribution is 5.81. The van der Waals surface area contributed by atoms with Crippen LogP contribution in [-0.2, 0) is 22.6 Å². The van der Waals surface area contributed by atoms with E-state index in [1.165, 1.54) is 11.1 Å². The summed E-state index contributed by atoms with van der Waals surface area (Å²) in [6, 6.07) is 8.37. The van der Waals surface area contributed by atoms with Crippen LogP contribution in [0, 0.1) is 0 Å². The molecule has 2 heterocycles. The molecule has 0 radical (unpaired) electrons. The van der Waals surface area contributed by atoms with Gasteiger partial charge >= 0.3 is 5.97 Å². The van der Waals surface area contributed by atoms with E-state index in [9.17, 15) is 14.7 Å². The first-order valence-corrected chi connectivity index (χ1v) is 8.46. The molecule has 0 saturated carbocycles. The Morgan fingerprint density at radius 2 is 1.88 bits per heavy atom. The van der Waals surface area contributed by atoms with E-state index in [0.717, 1.165) is 19.5 Å². The number of carboxylic acids is 1. The van der Waals surface area contributed by atoms with Crippen LogP contribution in [0.15, 0.2) is 24.3 Å². The third-order valence-corrected chi connectivity index (χ3v) is 4.97. The zero-order valence-corrected chi connectivity index (χ0v) is 13.8. The summed E-state index contributed by atoms with van der Waals surface area (Å²) in [5, 5.41) is 19.5. The van der Waals surface area contributed by atoms with Gasteiger partial charge in [0.05, 0.1) is 18.6 Å². The van der Waals surface area contributed by atoms with Crippen molar-refractivity contribution in [2.45, 2.75) is 37.8 Å². The third kappa shape index (κ3) is 3.94. The predicted octanol–water partition coefficient (Wildman–Crippen LogP) is 0.873. The Bertz CT molecular complexity index is 633. The Kier molecular flexibility index (Phi) is 4.87. The first-order chi connectivity index (χ1) is 11.5. The quantitative estimate of drug-likeness (QED) is 0.836. The summed E-state index contributed by atoms with van der Waals surface area (Å²) >= 11 is 0. The SMILES string of the molecule is O=C(O)CCC(=O)N1CCC(O)(CN2CCc3ccccc3C2)C1. The van der Waals surface area contributed by atoms with Gasteiger partial charge in [-0.05, 0) is 24.0 Å². The molecule has 6 nitrogen and oxygen atoms in total. The molecule has 0 spiro atoms. The van der Waals surface area contributed by atoms with Crippen LogP contribution in [0.1, 0.15) is 30.4 Å². The van der Waals surface area contributed by atoms with Crippen LogP contribution < -0.4 is 0 Å². The molecule has 6 heteroatoms. The summed E-state index contributed by atoms with van der Waals surface area (Å²) in [6.07, 6.45) is 1.37. The van der Waals surface area contributed by atoms with Gasteiger partial charge < -0.3 is 15.1 Å². The first kappa shape index (κ1) is 16.9. The van der Waals surface area contributed by atoms with Crippen molar-refractivity contribution in [1.29, 1.82) is 0 Å². The van der Waals surface area contributed by atoms with Crippen LogP contribution in [-0.4, -0.2) is 63.7 Å². The van der Waals surface area contributed by atoms with E-state index in [-0.39, 0.29) is 18.7 Å². The number of amides is 1. The summed E-state index contributed by atoms with van der Waals surface area (Å²) in [6.45, 7) is 3.07. The topological polar surface area (TPSA) is 81.1 Å². The van der Waals surface area contributed by atoms with Gasteiger partial charge in [-0.1, -0.05) is 24.3 Å². The molecule has 0 bridgehead atoms. The van der Waals surface area contributed by atoms with Crippen molar-refractivity contribution >= 4 is 11.9 Å². The second kappa shape index (κ2) is 6.91. The number of carbonyl (C=O) groups excluding carboxylic acids is 1. The van der Waals surface area contributed by atoms with Crippen LogP contribution >= 0.6 is 0 Å². The number of hydrogen-bond donors (Lipinski definition) is 2. The third-order valence-electron chi connectivity index (χ3n) is 4.97. The number of aliphatic hydroxyl groups is 1. The van der Waals surface area contributed by atoms with E-state index >= 15 is 0 Å². The van der Waals surface area contributed by atoms with Crippen LogP contribution in [0.4, 0.5) is 0 Å². The Hall–Kier alpha value is -1.92. The molecule has 130 valence electrons. The van der Waals surface area contributed by atoms with Crippen molar-refractivity contribution in [2.75, 3.05) is 26.2 Å². The molecule has 3 rings (SSSR count). The van der Waals surface area contributed by atoms with E-state index in [1.54, 1.807) is 4.90 Å². The van der Waals surface area contributed by atoms with E-state index in [4.69, 9.17) is 5.11 Å². The fourth-order valence-electron chi connectivity index (χ4n) is 3.68. The number of carboxylic acid groups (broad SMARTS) is 1. The summed E-state index contributed by atoms with van der Waals surface area (Å²) < 4.78 is 0. The van der Waals surface area contributed by atoms with Gasteiger partial charge in [0.1, 0.15) is 0 Å². The molecule has 1 amide bonds. The lowest BCUT2D eigenvalue weighted by Crippen LogP contribution is -2.47. The smallest absolute Gasteiger partial charge is 0.303 e. The molecule has 0 aromatic heterocycles. The summed E-state index contributed by atoms with van der Waals surface area (Å²) in [5.74, 6) is -1.15. The number of hydrogen-bond acceptors (Lipinski definition) is 4. The van der Waals surface area contributed by atoms with Gasteiger partial charge in [0.15, 0.2) is 0 Å². The minimum atomic E-state index is -0.968. The van der Waals surface area contributed by atoms with Crippen LogP contribution in [0.3, 0.4) is 0 Å². The molecule has 1 aromatic carbocycles. The van der Waals surface area contributed by atoms with Crippen molar-refractivity contribution in [3.8, 4) is 0 Å². The number of carbonyl (C=O) groups is 2. The molecular weight excluding hydrogens is 308 g/mol. The van der Waals surface area contributed by atoms with Gasteiger partial charge in [0.25, 0.3) is 0 Å². The molecule has 1 unspecified atom stereocenters. The fourth-order valence-corrected chi connectivity index (χ4v) is 3.68. The highest BCUT2D eigenvalue weighted by Crippen LogP contribution is 2.26. The highest BCUT2D eigenvalue weighted by Gasteiger charge is 2.39. The molecule has 2 aliphatic rings. The summed E-state index contributed by atoms with van der Waals surface area (Å²) in [5.41, 5.74) is 1.78. The maximum absolute atomic E-state index is 12.0. The van der Waals surface area contributed by atoms with Crippen LogP contribution in [0.5, 0.6) is 0 Å². The summed E-state index contributed by atoms with van der Waals surface area (Å²) in [7, 11) is 0. The Morgan fingerprint density at radius 3 is 2.62 bits per heavy atom. The Labute approximate surface area is 141 Å². The first-order valence-electron chi connectivity index (χ1n) is 8.46. The van der Waals surface area contributed by atoms with E-state index < -0.39 is 11.6 Å². The number of benzene rings is 1.